The zero-order valence-corrected chi connectivity index (χ0v) is 25.7. The van der Waals surface area contributed by atoms with Gasteiger partial charge >= 0.3 is 0 Å². The first kappa shape index (κ1) is 31.0. The summed E-state index contributed by atoms with van der Waals surface area (Å²) < 4.78 is 6.96. The molecule has 3 aliphatic rings. The number of benzene rings is 1. The highest BCUT2D eigenvalue weighted by Gasteiger charge is 2.44. The Morgan fingerprint density at radius 2 is 1.71 bits per heavy atom. The highest BCUT2D eigenvalue weighted by Crippen LogP contribution is 2.47. The molecule has 2 aromatic rings. The van der Waals surface area contributed by atoms with E-state index in [1.807, 2.05) is 35.3 Å². The van der Waals surface area contributed by atoms with Crippen molar-refractivity contribution in [2.75, 3.05) is 26.8 Å². The van der Waals surface area contributed by atoms with E-state index in [-0.39, 0.29) is 42.0 Å². The summed E-state index contributed by atoms with van der Waals surface area (Å²) in [6, 6.07) is 7.94. The van der Waals surface area contributed by atoms with Gasteiger partial charge in [-0.3, -0.25) is 14.3 Å². The van der Waals surface area contributed by atoms with Gasteiger partial charge < -0.3 is 20.3 Å². The second-order valence-electron chi connectivity index (χ2n) is 12.7. The van der Waals surface area contributed by atoms with Crippen LogP contribution in [-0.2, 0) is 27.3 Å². The number of hydrogen-bond donors (Lipinski definition) is 2. The Kier molecular flexibility index (Phi) is 10.9. The van der Waals surface area contributed by atoms with Gasteiger partial charge in [0.25, 0.3) is 0 Å². The highest BCUT2D eigenvalue weighted by atomic mass is 35.5. The Hall–Kier alpha value is -2.49. The Balaban J connectivity index is 1.24. The number of hydrogen-bond acceptors (Lipinski definition) is 6. The van der Waals surface area contributed by atoms with Crippen LogP contribution in [0.2, 0.25) is 5.02 Å². The van der Waals surface area contributed by atoms with Crippen LogP contribution in [0.3, 0.4) is 0 Å². The summed E-state index contributed by atoms with van der Waals surface area (Å²) in [6.45, 7) is 2.53. The molecule has 0 unspecified atom stereocenters. The largest absolute Gasteiger partial charge is 0.375 e. The number of nitrogens with zero attached hydrogens (tertiary/aromatic N) is 4. The van der Waals surface area contributed by atoms with E-state index in [0.717, 1.165) is 63.7 Å². The molecule has 2 aliphatic carbocycles. The summed E-state index contributed by atoms with van der Waals surface area (Å²) in [5, 5.41) is 12.0. The number of carbonyl (C=O) groups is 2. The second-order valence-corrected chi connectivity index (χ2v) is 13.2. The maximum atomic E-state index is 14.2. The number of nitrogens with one attached hydrogen (secondary N) is 2. The molecule has 0 bridgehead atoms. The van der Waals surface area contributed by atoms with Crippen LogP contribution in [0, 0.1) is 11.3 Å². The van der Waals surface area contributed by atoms with E-state index in [1.165, 1.54) is 39.2 Å². The van der Waals surface area contributed by atoms with Crippen LogP contribution < -0.4 is 10.6 Å². The molecular formula is C32H47ClN6O3. The molecule has 1 atom stereocenters. The number of rotatable bonds is 11. The summed E-state index contributed by atoms with van der Waals surface area (Å²) in [6.07, 6.45) is 16.2. The smallest absolute Gasteiger partial charge is 0.246 e. The van der Waals surface area contributed by atoms with E-state index >= 15 is 0 Å². The number of carbonyl (C=O) groups excluding carboxylic acids is 2. The maximum Gasteiger partial charge on any atom is 0.246 e. The summed E-state index contributed by atoms with van der Waals surface area (Å²) in [5.74, 6) is 0.802. The van der Waals surface area contributed by atoms with E-state index < -0.39 is 0 Å². The number of likely N-dealkylation sites (tertiary alicyclic amines) is 1. The van der Waals surface area contributed by atoms with Crippen LogP contribution in [-0.4, -0.2) is 76.4 Å². The molecule has 2 saturated carbocycles. The fourth-order valence-corrected chi connectivity index (χ4v) is 7.73. The molecule has 0 spiro atoms. The van der Waals surface area contributed by atoms with E-state index in [1.54, 1.807) is 6.33 Å². The maximum absolute atomic E-state index is 14.2. The van der Waals surface area contributed by atoms with Gasteiger partial charge in [0.15, 0.2) is 0 Å². The topological polar surface area (TPSA) is 101 Å². The predicted octanol–water partition coefficient (Wildman–Crippen LogP) is 4.40. The second kappa shape index (κ2) is 14.8. The number of ether oxygens (including phenoxy) is 1. The molecule has 10 heteroatoms. The molecule has 2 heterocycles. The molecule has 9 nitrogen and oxygen atoms in total. The average molecular weight is 599 g/mol. The van der Waals surface area contributed by atoms with Crippen molar-refractivity contribution in [3.63, 3.8) is 0 Å². The number of aromatic nitrogens is 3. The fourth-order valence-electron chi connectivity index (χ4n) is 7.60. The molecule has 1 aromatic heterocycles. The lowest BCUT2D eigenvalue weighted by atomic mass is 9.63. The number of methoxy groups -OCH3 is 1. The third kappa shape index (κ3) is 8.11. The van der Waals surface area contributed by atoms with Gasteiger partial charge in [0.05, 0.1) is 6.04 Å². The van der Waals surface area contributed by atoms with Crippen LogP contribution >= 0.6 is 11.6 Å². The van der Waals surface area contributed by atoms with Gasteiger partial charge in [-0.1, -0.05) is 43.0 Å². The summed E-state index contributed by atoms with van der Waals surface area (Å²) in [7, 11) is 1.54. The number of halogens is 1. The normalized spacial score (nSPS) is 23.8. The molecule has 42 heavy (non-hydrogen) atoms. The average Bonchev–Trinajstić information content (AvgIpc) is 3.52. The molecule has 3 fully saturated rings. The molecule has 2 amide bonds. The molecule has 1 saturated heterocycles. The van der Waals surface area contributed by atoms with Crippen LogP contribution in [0.15, 0.2) is 36.9 Å². The number of amides is 2. The first-order valence-electron chi connectivity index (χ1n) is 15.8. The van der Waals surface area contributed by atoms with Gasteiger partial charge in [-0.15, -0.1) is 0 Å². The fraction of sp³-hybridized carbons (Fsp3) is 0.688. The molecular weight excluding hydrogens is 552 g/mol. The van der Waals surface area contributed by atoms with E-state index in [4.69, 9.17) is 16.3 Å². The van der Waals surface area contributed by atoms with Gasteiger partial charge in [-0.05, 0) is 86.8 Å². The van der Waals surface area contributed by atoms with Gasteiger partial charge in [0, 0.05) is 43.9 Å². The predicted molar refractivity (Wildman–Crippen MR) is 163 cm³/mol. The molecule has 1 aromatic carbocycles. The van der Waals surface area contributed by atoms with E-state index in [9.17, 15) is 9.59 Å². The third-order valence-electron chi connectivity index (χ3n) is 9.94. The standard InChI is InChI=1S/C32H47ClN6O3/c1-42-20-30(40)37-28-13-11-27(12-14-28)36-29(19-24-7-9-26(33)10-8-24)31(41)38-17-15-32(16-18-38,21-39-23-34-22-35-39)25-5-3-2-4-6-25/h7-10,22-23,25,27-29,36H,2-6,11-21H2,1H3,(H,37,40)/t27-,28+,29-/m1/s1. The minimum atomic E-state index is -0.298. The van der Waals surface area contributed by atoms with Gasteiger partial charge in [-0.25, -0.2) is 4.98 Å². The Morgan fingerprint density at radius 1 is 1.02 bits per heavy atom. The summed E-state index contributed by atoms with van der Waals surface area (Å²) >= 11 is 6.16. The van der Waals surface area contributed by atoms with Gasteiger partial charge in [0.2, 0.25) is 11.8 Å². The Morgan fingerprint density at radius 3 is 2.36 bits per heavy atom. The van der Waals surface area contributed by atoms with Crippen molar-refractivity contribution in [1.82, 2.24) is 30.3 Å². The summed E-state index contributed by atoms with van der Waals surface area (Å²) in [5.41, 5.74) is 1.26. The van der Waals surface area contributed by atoms with E-state index in [0.29, 0.717) is 17.4 Å². The number of piperidine rings is 1. The molecule has 2 N–H and O–H groups in total. The zero-order chi connectivity index (χ0) is 29.4. The lowest BCUT2D eigenvalue weighted by Crippen LogP contribution is -2.56. The third-order valence-corrected chi connectivity index (χ3v) is 10.2. The highest BCUT2D eigenvalue weighted by molar-refractivity contribution is 6.30. The van der Waals surface area contributed by atoms with Crippen molar-refractivity contribution in [1.29, 1.82) is 0 Å². The minimum absolute atomic E-state index is 0.0667. The van der Waals surface area contributed by atoms with Crippen LogP contribution in [0.1, 0.15) is 76.2 Å². The van der Waals surface area contributed by atoms with Crippen LogP contribution in [0.5, 0.6) is 0 Å². The lowest BCUT2D eigenvalue weighted by Gasteiger charge is -2.48. The van der Waals surface area contributed by atoms with Crippen LogP contribution in [0.4, 0.5) is 0 Å². The van der Waals surface area contributed by atoms with Crippen LogP contribution in [0.25, 0.3) is 0 Å². The SMILES string of the molecule is COCC(=O)N[C@H]1CC[C@@H](N[C@H](Cc2ccc(Cl)cc2)C(=O)N2CCC(Cn3cncn3)(C3CCCCC3)CC2)CC1. The first-order chi connectivity index (χ1) is 20.4. The lowest BCUT2D eigenvalue weighted by molar-refractivity contribution is -0.137. The van der Waals surface area contributed by atoms with Crippen molar-refractivity contribution in [2.24, 2.45) is 11.3 Å². The van der Waals surface area contributed by atoms with Crippen molar-refractivity contribution < 1.29 is 14.3 Å². The minimum Gasteiger partial charge on any atom is -0.375 e. The Labute approximate surface area is 255 Å². The zero-order valence-electron chi connectivity index (χ0n) is 25.0. The molecule has 5 rings (SSSR count). The Bertz CT molecular complexity index is 1120. The van der Waals surface area contributed by atoms with Crippen molar-refractivity contribution >= 4 is 23.4 Å². The van der Waals surface area contributed by atoms with Crippen molar-refractivity contribution in [3.05, 3.63) is 47.5 Å². The molecule has 1 aliphatic heterocycles. The monoisotopic (exact) mass is 598 g/mol. The first-order valence-corrected chi connectivity index (χ1v) is 16.2. The van der Waals surface area contributed by atoms with Gasteiger partial charge in [-0.2, -0.15) is 5.10 Å². The van der Waals surface area contributed by atoms with Gasteiger partial charge in [0.1, 0.15) is 19.3 Å². The molecule has 230 valence electrons. The quantitative estimate of drug-likeness (QED) is 0.398. The molecule has 0 radical (unpaired) electrons. The van der Waals surface area contributed by atoms with E-state index in [2.05, 4.69) is 25.6 Å². The van der Waals surface area contributed by atoms with Crippen molar-refractivity contribution in [3.8, 4) is 0 Å². The summed E-state index contributed by atoms with van der Waals surface area (Å²) in [4.78, 5) is 32.5. The van der Waals surface area contributed by atoms with Crippen molar-refractivity contribution in [2.45, 2.75) is 102 Å².